The molecule has 1 aliphatic carbocycles. The summed E-state index contributed by atoms with van der Waals surface area (Å²) in [4.78, 5) is 16.7. The average Bonchev–Trinajstić information content (AvgIpc) is 3.31. The Kier molecular flexibility index (Phi) is 4.18. The van der Waals surface area contributed by atoms with Gasteiger partial charge >= 0.3 is 0 Å². The van der Waals surface area contributed by atoms with Crippen molar-refractivity contribution < 1.29 is 9.18 Å². The third kappa shape index (κ3) is 3.22. The summed E-state index contributed by atoms with van der Waals surface area (Å²) in [6, 6.07) is 4.57. The molecule has 0 bridgehead atoms. The number of piperazine rings is 1. The number of nitrogens with zero attached hydrogens (tertiary/aromatic N) is 2. The van der Waals surface area contributed by atoms with Crippen LogP contribution in [0.1, 0.15) is 30.1 Å². The molecule has 1 saturated heterocycles. The zero-order valence-corrected chi connectivity index (χ0v) is 12.9. The fourth-order valence-electron chi connectivity index (χ4n) is 3.04. The largest absolute Gasteiger partial charge is 0.336 e. The molecule has 1 unspecified atom stereocenters. The van der Waals surface area contributed by atoms with E-state index < -0.39 is 5.82 Å². The van der Waals surface area contributed by atoms with Crippen LogP contribution in [0.4, 0.5) is 4.39 Å². The minimum atomic E-state index is -0.417. The molecule has 0 N–H and O–H groups in total. The number of hydrogen-bond donors (Lipinski definition) is 0. The number of rotatable bonds is 3. The van der Waals surface area contributed by atoms with Gasteiger partial charge in [-0.05, 0) is 43.9 Å². The Bertz CT molecular complexity index is 539. The van der Waals surface area contributed by atoms with Gasteiger partial charge in [0.05, 0.1) is 10.6 Å². The minimum absolute atomic E-state index is 0.0984. The summed E-state index contributed by atoms with van der Waals surface area (Å²) in [6.07, 6.45) is 2.68. The summed E-state index contributed by atoms with van der Waals surface area (Å²) < 4.78 is 13.1. The van der Waals surface area contributed by atoms with E-state index in [9.17, 15) is 9.18 Å². The van der Waals surface area contributed by atoms with E-state index in [4.69, 9.17) is 11.6 Å². The SMILES string of the molecule is CC(C1CC1)N1CCN(C(=O)c2ccc(F)cc2Cl)CC1. The minimum Gasteiger partial charge on any atom is -0.336 e. The Balaban J connectivity index is 1.62. The second-order valence-corrected chi connectivity index (χ2v) is 6.44. The zero-order valence-electron chi connectivity index (χ0n) is 12.2. The average molecular weight is 311 g/mol. The van der Waals surface area contributed by atoms with Crippen molar-refractivity contribution in [3.63, 3.8) is 0 Å². The lowest BCUT2D eigenvalue weighted by molar-refractivity contribution is 0.0564. The first kappa shape index (κ1) is 14.8. The van der Waals surface area contributed by atoms with Crippen LogP contribution >= 0.6 is 11.6 Å². The van der Waals surface area contributed by atoms with Gasteiger partial charge in [0.15, 0.2) is 0 Å². The zero-order chi connectivity index (χ0) is 15.0. The Morgan fingerprint density at radius 3 is 2.52 bits per heavy atom. The van der Waals surface area contributed by atoms with E-state index in [2.05, 4.69) is 11.8 Å². The number of amides is 1. The van der Waals surface area contributed by atoms with Crippen LogP contribution in [0, 0.1) is 11.7 Å². The predicted octanol–water partition coefficient (Wildman–Crippen LogP) is 3.04. The maximum Gasteiger partial charge on any atom is 0.255 e. The van der Waals surface area contributed by atoms with Crippen molar-refractivity contribution in [1.82, 2.24) is 9.80 Å². The molecule has 1 aromatic carbocycles. The first-order valence-electron chi connectivity index (χ1n) is 7.54. The van der Waals surface area contributed by atoms with E-state index in [1.807, 2.05) is 4.90 Å². The highest BCUT2D eigenvalue weighted by molar-refractivity contribution is 6.33. The van der Waals surface area contributed by atoms with Crippen molar-refractivity contribution in [3.8, 4) is 0 Å². The van der Waals surface area contributed by atoms with E-state index in [1.54, 1.807) is 0 Å². The van der Waals surface area contributed by atoms with E-state index in [0.717, 1.165) is 19.0 Å². The summed E-state index contributed by atoms with van der Waals surface area (Å²) in [6.45, 7) is 5.52. The molecule has 0 aromatic heterocycles. The second kappa shape index (κ2) is 5.93. The van der Waals surface area contributed by atoms with Gasteiger partial charge in [0.25, 0.3) is 5.91 Å². The van der Waals surface area contributed by atoms with Crippen LogP contribution in [0.5, 0.6) is 0 Å². The van der Waals surface area contributed by atoms with Gasteiger partial charge in [0.2, 0.25) is 0 Å². The maximum absolute atomic E-state index is 13.1. The smallest absolute Gasteiger partial charge is 0.255 e. The summed E-state index contributed by atoms with van der Waals surface area (Å²) in [5.74, 6) is 0.331. The molecule has 1 saturated carbocycles. The van der Waals surface area contributed by atoms with Crippen LogP contribution in [0.25, 0.3) is 0 Å². The number of carbonyl (C=O) groups is 1. The van der Waals surface area contributed by atoms with Crippen LogP contribution in [0.15, 0.2) is 18.2 Å². The highest BCUT2D eigenvalue weighted by atomic mass is 35.5. The van der Waals surface area contributed by atoms with Crippen molar-refractivity contribution in [3.05, 3.63) is 34.6 Å². The molecule has 1 amide bonds. The van der Waals surface area contributed by atoms with Gasteiger partial charge in [-0.3, -0.25) is 9.69 Å². The number of halogens is 2. The Morgan fingerprint density at radius 1 is 1.29 bits per heavy atom. The molecule has 2 aliphatic rings. The first-order valence-corrected chi connectivity index (χ1v) is 7.92. The molecule has 114 valence electrons. The first-order chi connectivity index (χ1) is 10.1. The molecule has 5 heteroatoms. The van der Waals surface area contributed by atoms with Crippen molar-refractivity contribution in [1.29, 1.82) is 0 Å². The number of carbonyl (C=O) groups excluding carboxylic acids is 1. The number of benzene rings is 1. The van der Waals surface area contributed by atoms with Crippen LogP contribution in [-0.4, -0.2) is 47.9 Å². The van der Waals surface area contributed by atoms with Gasteiger partial charge in [0, 0.05) is 32.2 Å². The molecule has 2 fully saturated rings. The van der Waals surface area contributed by atoms with Crippen LogP contribution in [-0.2, 0) is 0 Å². The lowest BCUT2D eigenvalue weighted by Gasteiger charge is -2.38. The molecule has 1 atom stereocenters. The summed E-state index contributed by atoms with van der Waals surface area (Å²) in [5.41, 5.74) is 0.391. The quantitative estimate of drug-likeness (QED) is 0.857. The molecule has 3 nitrogen and oxygen atoms in total. The molecule has 1 heterocycles. The predicted molar refractivity (Wildman–Crippen MR) is 81.1 cm³/mol. The van der Waals surface area contributed by atoms with Gasteiger partial charge in [-0.2, -0.15) is 0 Å². The highest BCUT2D eigenvalue weighted by Crippen LogP contribution is 2.35. The molecule has 21 heavy (non-hydrogen) atoms. The molecular weight excluding hydrogens is 291 g/mol. The Morgan fingerprint density at radius 2 is 1.95 bits per heavy atom. The van der Waals surface area contributed by atoms with Gasteiger partial charge in [-0.15, -0.1) is 0 Å². The van der Waals surface area contributed by atoms with E-state index >= 15 is 0 Å². The lowest BCUT2D eigenvalue weighted by Crippen LogP contribution is -2.51. The molecule has 1 aliphatic heterocycles. The van der Waals surface area contributed by atoms with Crippen molar-refractivity contribution in [2.24, 2.45) is 5.92 Å². The third-order valence-electron chi connectivity index (χ3n) is 4.64. The topological polar surface area (TPSA) is 23.6 Å². The van der Waals surface area contributed by atoms with Crippen LogP contribution in [0.3, 0.4) is 0 Å². The second-order valence-electron chi connectivity index (χ2n) is 6.03. The molecule has 3 rings (SSSR count). The number of hydrogen-bond acceptors (Lipinski definition) is 2. The van der Waals surface area contributed by atoms with E-state index in [0.29, 0.717) is 24.7 Å². The molecule has 0 radical (unpaired) electrons. The maximum atomic E-state index is 13.1. The van der Waals surface area contributed by atoms with Crippen molar-refractivity contribution in [2.45, 2.75) is 25.8 Å². The summed E-state index contributed by atoms with van der Waals surface area (Å²) >= 11 is 5.97. The fourth-order valence-corrected chi connectivity index (χ4v) is 3.29. The lowest BCUT2D eigenvalue weighted by atomic mass is 10.1. The summed E-state index contributed by atoms with van der Waals surface area (Å²) in [7, 11) is 0. The summed E-state index contributed by atoms with van der Waals surface area (Å²) in [5, 5.41) is 0.189. The van der Waals surface area contributed by atoms with Gasteiger partial charge in [0.1, 0.15) is 5.82 Å². The van der Waals surface area contributed by atoms with E-state index in [1.165, 1.54) is 31.0 Å². The van der Waals surface area contributed by atoms with Gasteiger partial charge in [-0.25, -0.2) is 4.39 Å². The standard InChI is InChI=1S/C16H20ClFN2O/c1-11(12-2-3-12)19-6-8-20(9-7-19)16(21)14-5-4-13(18)10-15(14)17/h4-5,10-12H,2-3,6-9H2,1H3. The third-order valence-corrected chi connectivity index (χ3v) is 4.96. The van der Waals surface area contributed by atoms with Crippen LogP contribution < -0.4 is 0 Å². The van der Waals surface area contributed by atoms with Gasteiger partial charge < -0.3 is 4.90 Å². The highest BCUT2D eigenvalue weighted by Gasteiger charge is 2.34. The Hall–Kier alpha value is -1.13. The molecule has 0 spiro atoms. The molecular formula is C16H20ClFN2O. The Labute approximate surface area is 129 Å². The van der Waals surface area contributed by atoms with Crippen molar-refractivity contribution in [2.75, 3.05) is 26.2 Å². The fraction of sp³-hybridized carbons (Fsp3) is 0.562. The normalized spacial score (nSPS) is 21.4. The van der Waals surface area contributed by atoms with Gasteiger partial charge in [-0.1, -0.05) is 11.6 Å². The van der Waals surface area contributed by atoms with Crippen molar-refractivity contribution >= 4 is 17.5 Å². The van der Waals surface area contributed by atoms with E-state index in [-0.39, 0.29) is 10.9 Å². The molecule has 1 aromatic rings. The van der Waals surface area contributed by atoms with Crippen LogP contribution in [0.2, 0.25) is 5.02 Å². The monoisotopic (exact) mass is 310 g/mol.